The molecule has 0 atom stereocenters. The van der Waals surface area contributed by atoms with Crippen molar-refractivity contribution in [3.63, 3.8) is 0 Å². The monoisotopic (exact) mass is 345 g/mol. The number of carbonyl (C=O) groups excluding carboxylic acids is 1. The van der Waals surface area contributed by atoms with Gasteiger partial charge in [0.1, 0.15) is 0 Å². The molecule has 126 valence electrons. The summed E-state index contributed by atoms with van der Waals surface area (Å²) < 4.78 is 5.81. The van der Waals surface area contributed by atoms with Crippen molar-refractivity contribution < 1.29 is 9.21 Å². The molecule has 2 aliphatic rings. The highest BCUT2D eigenvalue weighted by Gasteiger charge is 2.32. The van der Waals surface area contributed by atoms with Crippen LogP contribution in [0.5, 0.6) is 0 Å². The molecule has 2 fully saturated rings. The summed E-state index contributed by atoms with van der Waals surface area (Å²) in [6, 6.07) is 7.52. The van der Waals surface area contributed by atoms with Gasteiger partial charge in [0, 0.05) is 29.9 Å². The Labute approximate surface area is 146 Å². The number of amides is 1. The van der Waals surface area contributed by atoms with Crippen LogP contribution in [0.3, 0.4) is 0 Å². The lowest BCUT2D eigenvalue weighted by Crippen LogP contribution is -2.38. The lowest BCUT2D eigenvalue weighted by atomic mass is 9.96. The predicted octanol–water partition coefficient (Wildman–Crippen LogP) is 3.55. The van der Waals surface area contributed by atoms with Crippen LogP contribution in [0.2, 0.25) is 5.02 Å². The molecule has 1 saturated heterocycles. The topological polar surface area (TPSA) is 59.2 Å². The lowest BCUT2D eigenvalue weighted by molar-refractivity contribution is -0.131. The van der Waals surface area contributed by atoms with E-state index in [9.17, 15) is 4.79 Å². The second-order valence-electron chi connectivity index (χ2n) is 6.68. The van der Waals surface area contributed by atoms with Crippen LogP contribution in [0.25, 0.3) is 0 Å². The van der Waals surface area contributed by atoms with Gasteiger partial charge in [-0.1, -0.05) is 29.8 Å². The maximum atomic E-state index is 12.5. The van der Waals surface area contributed by atoms with Crippen LogP contribution in [0, 0.1) is 0 Å². The van der Waals surface area contributed by atoms with Crippen molar-refractivity contribution in [3.05, 3.63) is 46.6 Å². The van der Waals surface area contributed by atoms with E-state index in [1.165, 1.54) is 0 Å². The fourth-order valence-electron chi connectivity index (χ4n) is 3.20. The first-order valence-electron chi connectivity index (χ1n) is 8.55. The largest absolute Gasteiger partial charge is 0.425 e. The van der Waals surface area contributed by atoms with E-state index < -0.39 is 0 Å². The summed E-state index contributed by atoms with van der Waals surface area (Å²) in [6.45, 7) is 1.46. The number of aromatic nitrogens is 2. The van der Waals surface area contributed by atoms with Crippen LogP contribution in [0.4, 0.5) is 0 Å². The first kappa shape index (κ1) is 15.6. The Kier molecular flexibility index (Phi) is 4.27. The zero-order valence-electron chi connectivity index (χ0n) is 13.4. The maximum Gasteiger partial charge on any atom is 0.227 e. The number of rotatable bonds is 4. The van der Waals surface area contributed by atoms with Crippen LogP contribution in [0.15, 0.2) is 28.7 Å². The van der Waals surface area contributed by atoms with Crippen LogP contribution in [0.1, 0.15) is 54.9 Å². The number of likely N-dealkylation sites (tertiary alicyclic amines) is 1. The minimum atomic E-state index is 0.130. The van der Waals surface area contributed by atoms with Crippen molar-refractivity contribution in [2.45, 2.75) is 43.9 Å². The molecule has 4 rings (SSSR count). The molecule has 1 aliphatic heterocycles. The highest BCUT2D eigenvalue weighted by atomic mass is 35.5. The molecule has 24 heavy (non-hydrogen) atoms. The molecule has 5 nitrogen and oxygen atoms in total. The van der Waals surface area contributed by atoms with E-state index in [0.717, 1.165) is 56.1 Å². The molecule has 1 saturated carbocycles. The van der Waals surface area contributed by atoms with Crippen molar-refractivity contribution in [2.75, 3.05) is 13.1 Å². The number of halogens is 1. The van der Waals surface area contributed by atoms with Gasteiger partial charge in [-0.25, -0.2) is 0 Å². The number of nitrogens with zero attached hydrogens (tertiary/aromatic N) is 3. The summed E-state index contributed by atoms with van der Waals surface area (Å²) in [7, 11) is 0. The van der Waals surface area contributed by atoms with Gasteiger partial charge in [0.05, 0.1) is 6.42 Å². The molecule has 6 heteroatoms. The minimum absolute atomic E-state index is 0.130. The zero-order valence-corrected chi connectivity index (χ0v) is 14.2. The molecule has 0 radical (unpaired) electrons. The van der Waals surface area contributed by atoms with Crippen molar-refractivity contribution in [1.82, 2.24) is 15.1 Å². The summed E-state index contributed by atoms with van der Waals surface area (Å²) in [6.07, 6.45) is 4.44. The molecule has 0 spiro atoms. The summed E-state index contributed by atoms with van der Waals surface area (Å²) >= 11 is 6.15. The average molecular weight is 346 g/mol. The van der Waals surface area contributed by atoms with Gasteiger partial charge in [-0.2, -0.15) is 0 Å². The molecule has 1 aromatic heterocycles. The zero-order chi connectivity index (χ0) is 16.5. The molecule has 0 unspecified atom stereocenters. The van der Waals surface area contributed by atoms with Gasteiger partial charge < -0.3 is 9.32 Å². The Balaban J connectivity index is 1.33. The van der Waals surface area contributed by atoms with Crippen LogP contribution in [-0.2, 0) is 11.2 Å². The smallest absolute Gasteiger partial charge is 0.227 e. The number of hydrogen-bond donors (Lipinski definition) is 0. The average Bonchev–Trinajstić information content (AvgIpc) is 3.34. The molecule has 2 heterocycles. The molecular weight excluding hydrogens is 326 g/mol. The second-order valence-corrected chi connectivity index (χ2v) is 7.08. The van der Waals surface area contributed by atoms with Crippen molar-refractivity contribution in [2.24, 2.45) is 0 Å². The number of carbonyl (C=O) groups is 1. The molecule has 0 bridgehead atoms. The lowest BCUT2D eigenvalue weighted by Gasteiger charge is -2.30. The van der Waals surface area contributed by atoms with E-state index in [2.05, 4.69) is 10.2 Å². The van der Waals surface area contributed by atoms with E-state index in [1.807, 2.05) is 29.2 Å². The Morgan fingerprint density at radius 1 is 1.08 bits per heavy atom. The Morgan fingerprint density at radius 3 is 2.33 bits per heavy atom. The van der Waals surface area contributed by atoms with Crippen LogP contribution >= 0.6 is 11.6 Å². The molecule has 1 aliphatic carbocycles. The van der Waals surface area contributed by atoms with Gasteiger partial charge in [0.25, 0.3) is 0 Å². The van der Waals surface area contributed by atoms with Crippen molar-refractivity contribution in [3.8, 4) is 0 Å². The van der Waals surface area contributed by atoms with Gasteiger partial charge in [0.15, 0.2) is 0 Å². The highest BCUT2D eigenvalue weighted by Crippen LogP contribution is 2.40. The summed E-state index contributed by atoms with van der Waals surface area (Å²) in [5.74, 6) is 2.43. The Bertz CT molecular complexity index is 733. The van der Waals surface area contributed by atoms with E-state index in [1.54, 1.807) is 0 Å². The minimum Gasteiger partial charge on any atom is -0.425 e. The molecule has 0 N–H and O–H groups in total. The Morgan fingerprint density at radius 2 is 1.71 bits per heavy atom. The predicted molar refractivity (Wildman–Crippen MR) is 90.0 cm³/mol. The van der Waals surface area contributed by atoms with E-state index in [-0.39, 0.29) is 11.8 Å². The van der Waals surface area contributed by atoms with Gasteiger partial charge in [0.2, 0.25) is 17.7 Å². The fourth-order valence-corrected chi connectivity index (χ4v) is 3.40. The molecule has 1 amide bonds. The maximum absolute atomic E-state index is 12.5. The summed E-state index contributed by atoms with van der Waals surface area (Å²) in [5.41, 5.74) is 0.886. The number of piperidine rings is 1. The SMILES string of the molecule is O=C(Cc1ccccc1Cl)N1CCC(c2nnc(C3CC3)o2)CC1. The quantitative estimate of drug-likeness (QED) is 0.850. The van der Waals surface area contributed by atoms with E-state index in [4.69, 9.17) is 16.0 Å². The third-order valence-electron chi connectivity index (χ3n) is 4.88. The standard InChI is InChI=1S/C18H20ClN3O2/c19-15-4-2-1-3-14(15)11-16(23)22-9-7-13(8-10-22)18-21-20-17(24-18)12-5-6-12/h1-4,12-13H,5-11H2. The highest BCUT2D eigenvalue weighted by molar-refractivity contribution is 6.31. The summed E-state index contributed by atoms with van der Waals surface area (Å²) in [4.78, 5) is 14.4. The van der Waals surface area contributed by atoms with Gasteiger partial charge in [-0.05, 0) is 37.3 Å². The third-order valence-corrected chi connectivity index (χ3v) is 5.25. The number of hydrogen-bond acceptors (Lipinski definition) is 4. The van der Waals surface area contributed by atoms with Gasteiger partial charge in [-0.3, -0.25) is 4.79 Å². The third kappa shape index (κ3) is 3.31. The Hall–Kier alpha value is -1.88. The molecule has 2 aromatic rings. The normalized spacial score (nSPS) is 18.8. The first-order valence-corrected chi connectivity index (χ1v) is 8.93. The van der Waals surface area contributed by atoms with Crippen LogP contribution in [-0.4, -0.2) is 34.1 Å². The van der Waals surface area contributed by atoms with Crippen molar-refractivity contribution >= 4 is 17.5 Å². The first-order chi connectivity index (χ1) is 11.7. The number of benzene rings is 1. The van der Waals surface area contributed by atoms with E-state index in [0.29, 0.717) is 17.4 Å². The van der Waals surface area contributed by atoms with Gasteiger partial charge >= 0.3 is 0 Å². The fraction of sp³-hybridized carbons (Fsp3) is 0.500. The molecule has 1 aromatic carbocycles. The summed E-state index contributed by atoms with van der Waals surface area (Å²) in [5, 5.41) is 9.03. The van der Waals surface area contributed by atoms with Crippen LogP contribution < -0.4 is 0 Å². The second kappa shape index (κ2) is 6.55. The molecular formula is C18H20ClN3O2. The van der Waals surface area contributed by atoms with Crippen molar-refractivity contribution in [1.29, 1.82) is 0 Å². The van der Waals surface area contributed by atoms with Gasteiger partial charge in [-0.15, -0.1) is 10.2 Å². The van der Waals surface area contributed by atoms with E-state index >= 15 is 0 Å².